The van der Waals surface area contributed by atoms with Crippen LogP contribution in [0, 0.1) is 0 Å². The van der Waals surface area contributed by atoms with E-state index in [0.29, 0.717) is 12.4 Å². The molecular weight excluding hydrogens is 173 g/mol. The molecule has 0 atom stereocenters. The van der Waals surface area contributed by atoms with Gasteiger partial charge in [-0.15, -0.1) is 0 Å². The van der Waals surface area contributed by atoms with E-state index in [0.717, 1.165) is 0 Å². The molecule has 0 aromatic carbocycles. The first kappa shape index (κ1) is 8.63. The van der Waals surface area contributed by atoms with Crippen LogP contribution < -0.4 is 0 Å². The lowest BCUT2D eigenvalue weighted by molar-refractivity contribution is -0.138. The van der Waals surface area contributed by atoms with Crippen molar-refractivity contribution in [1.82, 2.24) is 9.97 Å². The second kappa shape index (κ2) is 2.88. The summed E-state index contributed by atoms with van der Waals surface area (Å²) in [5.41, 5.74) is -0.965. The minimum Gasteiger partial charge on any atom is -0.294 e. The number of hydrogen-bond donors (Lipinski definition) is 0. The van der Waals surface area contributed by atoms with Crippen LogP contribution in [0.1, 0.15) is 16.2 Å². The molecule has 1 aromatic heterocycles. The third-order valence-electron chi connectivity index (χ3n) is 1.10. The van der Waals surface area contributed by atoms with Gasteiger partial charge in [-0.2, -0.15) is 13.2 Å². The number of nitrogens with zero attached hydrogens (tertiary/aromatic N) is 2. The summed E-state index contributed by atoms with van der Waals surface area (Å²) >= 11 is 0. The molecule has 0 aliphatic carbocycles. The van der Waals surface area contributed by atoms with Crippen molar-refractivity contribution in [3.63, 3.8) is 0 Å². The highest BCUT2D eigenvalue weighted by molar-refractivity contribution is 5.68. The highest BCUT2D eigenvalue weighted by Gasteiger charge is 2.31. The van der Waals surface area contributed by atoms with Gasteiger partial charge in [-0.1, -0.05) is 0 Å². The van der Waals surface area contributed by atoms with Gasteiger partial charge >= 0.3 is 6.18 Å². The van der Waals surface area contributed by atoms with Crippen molar-refractivity contribution in [2.24, 2.45) is 0 Å². The maximum absolute atomic E-state index is 11.9. The standard InChI is InChI=1S/C6H3F3N2O/c7-6(8,9)4-1-10-5(3-12)11-2-4/h1-3H. The zero-order chi connectivity index (χ0) is 9.19. The van der Waals surface area contributed by atoms with E-state index >= 15 is 0 Å². The van der Waals surface area contributed by atoms with Crippen LogP contribution in [0.5, 0.6) is 0 Å². The fourth-order valence-corrected chi connectivity index (χ4v) is 0.545. The molecule has 0 unspecified atom stereocenters. The van der Waals surface area contributed by atoms with E-state index in [-0.39, 0.29) is 12.1 Å². The molecule has 1 rings (SSSR count). The molecule has 1 heterocycles. The van der Waals surface area contributed by atoms with Crippen molar-refractivity contribution in [3.05, 3.63) is 23.8 Å². The third kappa shape index (κ3) is 1.77. The molecule has 0 aliphatic rings. The summed E-state index contributed by atoms with van der Waals surface area (Å²) < 4.78 is 35.6. The lowest BCUT2D eigenvalue weighted by Gasteiger charge is -2.03. The summed E-state index contributed by atoms with van der Waals surface area (Å²) in [6.45, 7) is 0. The average molecular weight is 176 g/mol. The molecule has 0 N–H and O–H groups in total. The first-order valence-corrected chi connectivity index (χ1v) is 2.88. The Morgan fingerprint density at radius 1 is 1.25 bits per heavy atom. The highest BCUT2D eigenvalue weighted by atomic mass is 19.4. The molecular formula is C6H3F3N2O. The number of rotatable bonds is 1. The molecule has 0 saturated carbocycles. The smallest absolute Gasteiger partial charge is 0.294 e. The highest BCUT2D eigenvalue weighted by Crippen LogP contribution is 2.27. The topological polar surface area (TPSA) is 42.9 Å². The van der Waals surface area contributed by atoms with Gasteiger partial charge in [0.1, 0.15) is 0 Å². The molecule has 0 aliphatic heterocycles. The fraction of sp³-hybridized carbons (Fsp3) is 0.167. The van der Waals surface area contributed by atoms with Gasteiger partial charge in [-0.05, 0) is 0 Å². The first-order valence-electron chi connectivity index (χ1n) is 2.88. The summed E-state index contributed by atoms with van der Waals surface area (Å²) in [6, 6.07) is 0. The molecule has 6 heteroatoms. The number of aromatic nitrogens is 2. The van der Waals surface area contributed by atoms with Gasteiger partial charge in [0.15, 0.2) is 12.1 Å². The predicted octanol–water partition coefficient (Wildman–Crippen LogP) is 1.31. The van der Waals surface area contributed by atoms with Gasteiger partial charge in [0.2, 0.25) is 0 Å². The molecule has 1 aromatic rings. The van der Waals surface area contributed by atoms with E-state index < -0.39 is 11.7 Å². The van der Waals surface area contributed by atoms with Crippen LogP contribution in [-0.2, 0) is 6.18 Å². The molecule has 0 radical (unpaired) electrons. The van der Waals surface area contributed by atoms with Gasteiger partial charge in [0, 0.05) is 12.4 Å². The monoisotopic (exact) mass is 176 g/mol. The SMILES string of the molecule is O=Cc1ncc(C(F)(F)F)cn1. The summed E-state index contributed by atoms with van der Waals surface area (Å²) in [7, 11) is 0. The van der Waals surface area contributed by atoms with Gasteiger partial charge in [0.05, 0.1) is 5.56 Å². The van der Waals surface area contributed by atoms with Crippen LogP contribution in [-0.4, -0.2) is 16.3 Å². The van der Waals surface area contributed by atoms with Crippen LogP contribution in [0.15, 0.2) is 12.4 Å². The number of hydrogen-bond acceptors (Lipinski definition) is 3. The van der Waals surface area contributed by atoms with Crippen molar-refractivity contribution in [2.45, 2.75) is 6.18 Å². The van der Waals surface area contributed by atoms with Gasteiger partial charge < -0.3 is 0 Å². The van der Waals surface area contributed by atoms with Crippen LogP contribution in [0.4, 0.5) is 13.2 Å². The largest absolute Gasteiger partial charge is 0.419 e. The van der Waals surface area contributed by atoms with Gasteiger partial charge in [-0.3, -0.25) is 4.79 Å². The Morgan fingerprint density at radius 2 is 1.75 bits per heavy atom. The van der Waals surface area contributed by atoms with Crippen molar-refractivity contribution >= 4 is 6.29 Å². The quantitative estimate of drug-likeness (QED) is 0.606. The second-order valence-electron chi connectivity index (χ2n) is 1.95. The Bertz CT molecular complexity index is 280. The average Bonchev–Trinajstić information content (AvgIpc) is 2.03. The number of halogens is 3. The third-order valence-corrected chi connectivity index (χ3v) is 1.10. The Morgan fingerprint density at radius 3 is 2.08 bits per heavy atom. The van der Waals surface area contributed by atoms with E-state index in [2.05, 4.69) is 9.97 Å². The Balaban J connectivity index is 3.00. The summed E-state index contributed by atoms with van der Waals surface area (Å²) in [5, 5.41) is 0. The van der Waals surface area contributed by atoms with Gasteiger partial charge in [-0.25, -0.2) is 9.97 Å². The van der Waals surface area contributed by atoms with Crippen molar-refractivity contribution in [2.75, 3.05) is 0 Å². The maximum atomic E-state index is 11.9. The summed E-state index contributed by atoms with van der Waals surface area (Å²) in [4.78, 5) is 16.3. The maximum Gasteiger partial charge on any atom is 0.419 e. The molecule has 12 heavy (non-hydrogen) atoms. The van der Waals surface area contributed by atoms with E-state index in [1.54, 1.807) is 0 Å². The van der Waals surface area contributed by atoms with E-state index in [9.17, 15) is 18.0 Å². The van der Waals surface area contributed by atoms with E-state index in [1.165, 1.54) is 0 Å². The summed E-state index contributed by atoms with van der Waals surface area (Å²) in [5.74, 6) is -0.261. The predicted molar refractivity (Wildman–Crippen MR) is 32.4 cm³/mol. The van der Waals surface area contributed by atoms with Crippen molar-refractivity contribution in [1.29, 1.82) is 0 Å². The minimum absolute atomic E-state index is 0.261. The van der Waals surface area contributed by atoms with Crippen LogP contribution in [0.2, 0.25) is 0 Å². The normalized spacial score (nSPS) is 11.2. The fourth-order valence-electron chi connectivity index (χ4n) is 0.545. The second-order valence-corrected chi connectivity index (χ2v) is 1.95. The molecule has 0 saturated heterocycles. The van der Waals surface area contributed by atoms with Gasteiger partial charge in [0.25, 0.3) is 0 Å². The van der Waals surface area contributed by atoms with Crippen molar-refractivity contribution in [3.8, 4) is 0 Å². The zero-order valence-corrected chi connectivity index (χ0v) is 5.67. The van der Waals surface area contributed by atoms with E-state index in [4.69, 9.17) is 0 Å². The Kier molecular flexibility index (Phi) is 2.07. The lowest BCUT2D eigenvalue weighted by Crippen LogP contribution is -2.07. The molecule has 64 valence electrons. The molecule has 0 spiro atoms. The van der Waals surface area contributed by atoms with E-state index in [1.807, 2.05) is 0 Å². The number of aldehydes is 1. The zero-order valence-electron chi connectivity index (χ0n) is 5.67. The molecule has 0 amide bonds. The minimum atomic E-state index is -4.46. The van der Waals surface area contributed by atoms with Crippen LogP contribution in [0.3, 0.4) is 0 Å². The lowest BCUT2D eigenvalue weighted by atomic mass is 10.3. The molecule has 3 nitrogen and oxygen atoms in total. The first-order chi connectivity index (χ1) is 5.54. The number of carbonyl (C=O) groups is 1. The van der Waals surface area contributed by atoms with Crippen LogP contribution >= 0.6 is 0 Å². The molecule has 0 bridgehead atoms. The number of carbonyl (C=O) groups excluding carboxylic acids is 1. The Labute approximate surface area is 65.3 Å². The van der Waals surface area contributed by atoms with Crippen molar-refractivity contribution < 1.29 is 18.0 Å². The summed E-state index contributed by atoms with van der Waals surface area (Å²) in [6.07, 6.45) is -3.05. The molecule has 0 fully saturated rings. The Hall–Kier alpha value is -1.46. The van der Waals surface area contributed by atoms with Crippen LogP contribution in [0.25, 0.3) is 0 Å². The number of alkyl halides is 3.